The number of sulfonamides is 1. The lowest BCUT2D eigenvalue weighted by molar-refractivity contribution is -0.132. The first-order valence-electron chi connectivity index (χ1n) is 8.46. The van der Waals surface area contributed by atoms with Crippen LogP contribution in [0.5, 0.6) is 0 Å². The maximum Gasteiger partial charge on any atom is 0.240 e. The number of imidazole rings is 1. The number of halogens is 1. The number of carbonyl (C=O) groups excluding carboxylic acids is 1. The Morgan fingerprint density at radius 3 is 2.54 bits per heavy atom. The number of likely N-dealkylation sites (tertiary alicyclic amines) is 1. The van der Waals surface area contributed by atoms with Crippen LogP contribution < -0.4 is 4.72 Å². The third-order valence-electron chi connectivity index (χ3n) is 4.52. The summed E-state index contributed by atoms with van der Waals surface area (Å²) in [6.45, 7) is 1.46. The molecule has 0 radical (unpaired) electrons. The van der Waals surface area contributed by atoms with Gasteiger partial charge in [-0.3, -0.25) is 4.79 Å². The van der Waals surface area contributed by atoms with E-state index in [-0.39, 0.29) is 23.8 Å². The number of benzene rings is 1. The second-order valence-corrected chi connectivity index (χ2v) is 8.91. The van der Waals surface area contributed by atoms with Crippen molar-refractivity contribution in [3.05, 3.63) is 47.5 Å². The predicted octanol–water partition coefficient (Wildman–Crippen LogP) is 2.18. The van der Waals surface area contributed by atoms with Crippen molar-refractivity contribution in [2.24, 2.45) is 0 Å². The fourth-order valence-electron chi connectivity index (χ4n) is 3.05. The van der Waals surface area contributed by atoms with Gasteiger partial charge in [0.25, 0.3) is 0 Å². The van der Waals surface area contributed by atoms with Crippen LogP contribution >= 0.6 is 15.9 Å². The molecule has 0 unspecified atom stereocenters. The van der Waals surface area contributed by atoms with Crippen molar-refractivity contribution in [2.75, 3.05) is 19.6 Å². The molecule has 1 N–H and O–H groups in total. The van der Waals surface area contributed by atoms with Crippen molar-refractivity contribution >= 4 is 31.9 Å². The Morgan fingerprint density at radius 2 is 1.92 bits per heavy atom. The number of hydrogen-bond acceptors (Lipinski definition) is 4. The first-order valence-corrected chi connectivity index (χ1v) is 10.7. The van der Waals surface area contributed by atoms with Gasteiger partial charge in [-0.1, -0.05) is 15.9 Å². The number of carbonyl (C=O) groups is 1. The molecule has 1 aliphatic rings. The molecule has 7 nitrogen and oxygen atoms in total. The molecular formula is C17H21BrN4O3S. The quantitative estimate of drug-likeness (QED) is 0.745. The summed E-state index contributed by atoms with van der Waals surface area (Å²) < 4.78 is 29.8. The molecule has 1 fully saturated rings. The number of nitrogens with zero attached hydrogens (tertiary/aromatic N) is 3. The number of hydrogen-bond donors (Lipinski definition) is 1. The molecule has 1 aliphatic heterocycles. The summed E-state index contributed by atoms with van der Waals surface area (Å²) in [6.07, 6.45) is 7.43. The van der Waals surface area contributed by atoms with E-state index in [0.717, 1.165) is 17.3 Å². The van der Waals surface area contributed by atoms with Crippen molar-refractivity contribution in [1.29, 1.82) is 0 Å². The average Bonchev–Trinajstić information content (AvgIpc) is 3.17. The van der Waals surface area contributed by atoms with Gasteiger partial charge < -0.3 is 9.47 Å². The zero-order valence-corrected chi connectivity index (χ0v) is 16.6. The summed E-state index contributed by atoms with van der Waals surface area (Å²) in [5.41, 5.74) is 0. The summed E-state index contributed by atoms with van der Waals surface area (Å²) in [4.78, 5) is 18.4. The first kappa shape index (κ1) is 19.1. The lowest BCUT2D eigenvalue weighted by Gasteiger charge is -2.32. The molecule has 140 valence electrons. The molecule has 3 rings (SSSR count). The minimum atomic E-state index is -3.59. The van der Waals surface area contributed by atoms with Gasteiger partial charge >= 0.3 is 0 Å². The summed E-state index contributed by atoms with van der Waals surface area (Å²) in [5.74, 6) is -0.0208. The second-order valence-electron chi connectivity index (χ2n) is 6.22. The van der Waals surface area contributed by atoms with Gasteiger partial charge in [-0.25, -0.2) is 18.1 Å². The zero-order chi connectivity index (χ0) is 18.6. The minimum Gasteiger partial charge on any atom is -0.343 e. The second kappa shape index (κ2) is 8.32. The summed E-state index contributed by atoms with van der Waals surface area (Å²) in [7, 11) is -3.59. The Hall–Kier alpha value is -1.71. The van der Waals surface area contributed by atoms with Gasteiger partial charge in [0.05, 0.1) is 11.2 Å². The van der Waals surface area contributed by atoms with E-state index in [4.69, 9.17) is 0 Å². The van der Waals surface area contributed by atoms with Gasteiger partial charge in [0, 0.05) is 49.0 Å². The van der Waals surface area contributed by atoms with E-state index in [1.807, 2.05) is 6.20 Å². The molecule has 2 heterocycles. The van der Waals surface area contributed by atoms with Crippen molar-refractivity contribution < 1.29 is 13.2 Å². The maximum absolute atomic E-state index is 12.3. The molecule has 26 heavy (non-hydrogen) atoms. The number of aromatic nitrogens is 2. The van der Waals surface area contributed by atoms with E-state index in [9.17, 15) is 13.2 Å². The van der Waals surface area contributed by atoms with Gasteiger partial charge in [0.15, 0.2) is 0 Å². The lowest BCUT2D eigenvalue weighted by Crippen LogP contribution is -2.40. The van der Waals surface area contributed by atoms with Gasteiger partial charge in [0.2, 0.25) is 15.9 Å². The van der Waals surface area contributed by atoms with Gasteiger partial charge in [0.1, 0.15) is 0 Å². The van der Waals surface area contributed by atoms with E-state index in [2.05, 4.69) is 30.2 Å². The number of rotatable bonds is 6. The molecule has 1 amide bonds. The third kappa shape index (κ3) is 4.72. The molecule has 0 bridgehead atoms. The SMILES string of the molecule is O=C(CCNS(=O)(=O)c1ccc(Br)cc1)N1CCC(n2ccnc2)CC1. The summed E-state index contributed by atoms with van der Waals surface area (Å²) in [5, 5.41) is 0. The smallest absolute Gasteiger partial charge is 0.240 e. The van der Waals surface area contributed by atoms with E-state index in [0.29, 0.717) is 19.1 Å². The summed E-state index contributed by atoms with van der Waals surface area (Å²) >= 11 is 3.27. The van der Waals surface area contributed by atoms with Crippen LogP contribution in [-0.4, -0.2) is 48.4 Å². The van der Waals surface area contributed by atoms with E-state index >= 15 is 0 Å². The van der Waals surface area contributed by atoms with Crippen molar-refractivity contribution in [2.45, 2.75) is 30.2 Å². The van der Waals surface area contributed by atoms with Crippen LogP contribution in [0.15, 0.2) is 52.4 Å². The Kier molecular flexibility index (Phi) is 6.10. The highest BCUT2D eigenvalue weighted by atomic mass is 79.9. The van der Waals surface area contributed by atoms with E-state index in [1.54, 1.807) is 29.6 Å². The molecule has 1 aromatic heterocycles. The van der Waals surface area contributed by atoms with Crippen molar-refractivity contribution in [1.82, 2.24) is 19.2 Å². The van der Waals surface area contributed by atoms with Gasteiger partial charge in [-0.15, -0.1) is 0 Å². The largest absolute Gasteiger partial charge is 0.343 e. The highest BCUT2D eigenvalue weighted by Gasteiger charge is 2.23. The van der Waals surface area contributed by atoms with Crippen LogP contribution in [0.4, 0.5) is 0 Å². The topological polar surface area (TPSA) is 84.3 Å². The lowest BCUT2D eigenvalue weighted by atomic mass is 10.0. The molecule has 0 aliphatic carbocycles. The van der Waals surface area contributed by atoms with Gasteiger partial charge in [-0.2, -0.15) is 0 Å². The molecule has 0 atom stereocenters. The average molecular weight is 441 g/mol. The molecular weight excluding hydrogens is 420 g/mol. The van der Waals surface area contributed by atoms with E-state index in [1.165, 1.54) is 12.1 Å². The minimum absolute atomic E-state index is 0.0208. The summed E-state index contributed by atoms with van der Waals surface area (Å²) in [6, 6.07) is 6.76. The Bertz CT molecular complexity index is 829. The molecule has 9 heteroatoms. The van der Waals surface area contributed by atoms with Crippen molar-refractivity contribution in [3.63, 3.8) is 0 Å². The van der Waals surface area contributed by atoms with Crippen LogP contribution in [0, 0.1) is 0 Å². The fourth-order valence-corrected chi connectivity index (χ4v) is 4.34. The zero-order valence-electron chi connectivity index (χ0n) is 14.2. The van der Waals surface area contributed by atoms with Gasteiger partial charge in [-0.05, 0) is 37.1 Å². The molecule has 0 spiro atoms. The first-order chi connectivity index (χ1) is 12.5. The predicted molar refractivity (Wildman–Crippen MR) is 101 cm³/mol. The van der Waals surface area contributed by atoms with Crippen LogP contribution in [-0.2, 0) is 14.8 Å². The molecule has 1 aromatic carbocycles. The van der Waals surface area contributed by atoms with Crippen LogP contribution in [0.25, 0.3) is 0 Å². The maximum atomic E-state index is 12.3. The molecule has 1 saturated heterocycles. The third-order valence-corrected chi connectivity index (χ3v) is 6.52. The number of amides is 1. The van der Waals surface area contributed by atoms with Crippen LogP contribution in [0.2, 0.25) is 0 Å². The number of piperidine rings is 1. The standard InChI is InChI=1S/C17H21BrN4O3S/c18-14-1-3-16(4-2-14)26(24,25)20-8-5-17(23)21-10-6-15(7-11-21)22-12-9-19-13-22/h1-4,9,12-13,15,20H,5-8,10-11H2. The Labute approximate surface area is 161 Å². The van der Waals surface area contributed by atoms with Crippen molar-refractivity contribution in [3.8, 4) is 0 Å². The highest BCUT2D eigenvalue weighted by Crippen LogP contribution is 2.22. The van der Waals surface area contributed by atoms with E-state index < -0.39 is 10.0 Å². The highest BCUT2D eigenvalue weighted by molar-refractivity contribution is 9.10. The molecule has 2 aromatic rings. The normalized spacial score (nSPS) is 16.0. The number of nitrogens with one attached hydrogen (secondary N) is 1. The fraction of sp³-hybridized carbons (Fsp3) is 0.412. The Balaban J connectivity index is 1.45. The van der Waals surface area contributed by atoms with Crippen LogP contribution in [0.3, 0.4) is 0 Å². The van der Waals surface area contributed by atoms with Crippen LogP contribution in [0.1, 0.15) is 25.3 Å². The molecule has 0 saturated carbocycles. The Morgan fingerprint density at radius 1 is 1.23 bits per heavy atom. The monoisotopic (exact) mass is 440 g/mol.